The molecule has 0 atom stereocenters. The molecule has 0 aliphatic carbocycles. The average Bonchev–Trinajstić information content (AvgIpc) is 2.10. The molecule has 0 spiro atoms. The molecular weight excluding hydrogens is 180 g/mol. The molecule has 14 heavy (non-hydrogen) atoms. The number of aryl methyl sites for hydroxylation is 1. The summed E-state index contributed by atoms with van der Waals surface area (Å²) in [5, 5.41) is 8.40. The first-order valence-electron chi connectivity index (χ1n) is 4.20. The Morgan fingerprint density at radius 1 is 1.71 bits per heavy atom. The first-order valence-corrected chi connectivity index (χ1v) is 4.20. The van der Waals surface area contributed by atoms with Crippen molar-refractivity contribution in [3.8, 4) is 0 Å². The Kier molecular flexibility index (Phi) is 3.23. The van der Waals surface area contributed by atoms with Crippen molar-refractivity contribution in [3.63, 3.8) is 0 Å². The third-order valence-electron chi connectivity index (χ3n) is 1.75. The van der Waals surface area contributed by atoms with Crippen molar-refractivity contribution in [1.29, 1.82) is 0 Å². The number of pyridine rings is 1. The lowest BCUT2D eigenvalue weighted by atomic mass is 10.2. The maximum absolute atomic E-state index is 10.2. The van der Waals surface area contributed by atoms with Crippen molar-refractivity contribution in [1.82, 2.24) is 4.98 Å². The second-order valence-electron chi connectivity index (χ2n) is 2.97. The van der Waals surface area contributed by atoms with Crippen LogP contribution in [-0.2, 0) is 4.79 Å². The van der Waals surface area contributed by atoms with Gasteiger partial charge in [0.05, 0.1) is 24.0 Å². The second kappa shape index (κ2) is 4.41. The molecule has 0 saturated carbocycles. The minimum absolute atomic E-state index is 0.00506. The number of aromatic nitrogens is 1. The molecule has 0 fully saturated rings. The summed E-state index contributed by atoms with van der Waals surface area (Å²) in [7, 11) is 0. The molecule has 1 aromatic rings. The smallest absolute Gasteiger partial charge is 0.307 e. The fourth-order valence-corrected chi connectivity index (χ4v) is 0.960. The number of nitrogens with zero attached hydrogens (tertiary/aromatic N) is 1. The molecule has 74 valence electrons. The van der Waals surface area contributed by atoms with Gasteiger partial charge in [0.25, 0.3) is 0 Å². The number of nitrogen functional groups attached to an aromatic ring is 1. The molecule has 4 nitrogen and oxygen atoms in total. The van der Waals surface area contributed by atoms with Crippen LogP contribution in [0.15, 0.2) is 18.3 Å². The van der Waals surface area contributed by atoms with Gasteiger partial charge in [-0.05, 0) is 24.6 Å². The van der Waals surface area contributed by atoms with Gasteiger partial charge in [-0.15, -0.1) is 0 Å². The molecule has 4 heteroatoms. The molecule has 1 rings (SSSR count). The van der Waals surface area contributed by atoms with Crippen LogP contribution in [0.25, 0.3) is 6.08 Å². The first kappa shape index (κ1) is 10.2. The lowest BCUT2D eigenvalue weighted by Crippen LogP contribution is -1.93. The lowest BCUT2D eigenvalue weighted by Gasteiger charge is -1.99. The highest BCUT2D eigenvalue weighted by molar-refractivity contribution is 5.70. The van der Waals surface area contributed by atoms with E-state index in [-0.39, 0.29) is 6.42 Å². The van der Waals surface area contributed by atoms with E-state index in [0.29, 0.717) is 5.69 Å². The van der Waals surface area contributed by atoms with Crippen molar-refractivity contribution < 1.29 is 9.90 Å². The number of nitrogens with two attached hydrogens (primary N) is 1. The first-order chi connectivity index (χ1) is 6.59. The fourth-order valence-electron chi connectivity index (χ4n) is 0.960. The van der Waals surface area contributed by atoms with Gasteiger partial charge in [0.1, 0.15) is 0 Å². The van der Waals surface area contributed by atoms with Crippen LogP contribution >= 0.6 is 0 Å². The van der Waals surface area contributed by atoms with Crippen molar-refractivity contribution in [3.05, 3.63) is 29.6 Å². The zero-order valence-corrected chi connectivity index (χ0v) is 7.90. The number of anilines is 1. The molecule has 0 aliphatic heterocycles. The second-order valence-corrected chi connectivity index (χ2v) is 2.97. The summed E-state index contributed by atoms with van der Waals surface area (Å²) in [6.07, 6.45) is 4.79. The summed E-state index contributed by atoms with van der Waals surface area (Å²) in [6.45, 7) is 1.88. The summed E-state index contributed by atoms with van der Waals surface area (Å²) >= 11 is 0. The lowest BCUT2D eigenvalue weighted by molar-refractivity contribution is -0.135. The van der Waals surface area contributed by atoms with Gasteiger partial charge in [-0.3, -0.25) is 9.78 Å². The van der Waals surface area contributed by atoms with Gasteiger partial charge in [0.2, 0.25) is 0 Å². The molecule has 0 bridgehead atoms. The largest absolute Gasteiger partial charge is 0.481 e. The van der Waals surface area contributed by atoms with E-state index in [2.05, 4.69) is 4.98 Å². The van der Waals surface area contributed by atoms with Crippen LogP contribution in [0, 0.1) is 6.92 Å². The standard InChI is InChI=1S/C10H12N2O2/c1-7-5-8(12-6-9(7)11)3-2-4-10(13)14/h2-3,5-6H,4,11H2,1H3,(H,13,14). The Labute approximate surface area is 82.1 Å². The van der Waals surface area contributed by atoms with E-state index in [1.54, 1.807) is 18.3 Å². The number of carbonyl (C=O) groups is 1. The zero-order valence-electron chi connectivity index (χ0n) is 7.90. The molecule has 0 saturated heterocycles. The molecule has 0 radical (unpaired) electrons. The van der Waals surface area contributed by atoms with E-state index in [1.807, 2.05) is 13.0 Å². The minimum atomic E-state index is -0.853. The Bertz CT molecular complexity index is 372. The molecule has 1 aromatic heterocycles. The summed E-state index contributed by atoms with van der Waals surface area (Å²) in [6, 6.07) is 1.81. The van der Waals surface area contributed by atoms with Gasteiger partial charge < -0.3 is 10.8 Å². The molecular formula is C10H12N2O2. The molecule has 3 N–H and O–H groups in total. The van der Waals surface area contributed by atoms with Gasteiger partial charge >= 0.3 is 5.97 Å². The van der Waals surface area contributed by atoms with E-state index < -0.39 is 5.97 Å². The average molecular weight is 192 g/mol. The molecule has 0 amide bonds. The van der Waals surface area contributed by atoms with Crippen molar-refractivity contribution in [2.45, 2.75) is 13.3 Å². The normalized spacial score (nSPS) is 10.6. The van der Waals surface area contributed by atoms with Crippen molar-refractivity contribution in [2.75, 3.05) is 5.73 Å². The summed E-state index contributed by atoms with van der Waals surface area (Å²) < 4.78 is 0. The van der Waals surface area contributed by atoms with Crippen LogP contribution in [0.1, 0.15) is 17.7 Å². The number of rotatable bonds is 3. The summed E-state index contributed by atoms with van der Waals surface area (Å²) in [5.74, 6) is -0.853. The predicted octanol–water partition coefficient (Wildman–Crippen LogP) is 1.46. The van der Waals surface area contributed by atoms with Crippen LogP contribution in [0.5, 0.6) is 0 Å². The molecule has 0 aliphatic rings. The van der Waals surface area contributed by atoms with E-state index in [4.69, 9.17) is 10.8 Å². The summed E-state index contributed by atoms with van der Waals surface area (Å²) in [5.41, 5.74) is 7.88. The summed E-state index contributed by atoms with van der Waals surface area (Å²) in [4.78, 5) is 14.3. The Balaban J connectivity index is 2.73. The monoisotopic (exact) mass is 192 g/mol. The number of carboxylic acid groups (broad SMARTS) is 1. The Morgan fingerprint density at radius 3 is 3.00 bits per heavy atom. The Hall–Kier alpha value is -1.84. The molecule has 0 unspecified atom stereocenters. The topological polar surface area (TPSA) is 76.2 Å². The SMILES string of the molecule is Cc1cc(C=CCC(=O)O)ncc1N. The van der Waals surface area contributed by atoms with Gasteiger partial charge in [0, 0.05) is 0 Å². The van der Waals surface area contributed by atoms with Gasteiger partial charge in [-0.2, -0.15) is 0 Å². The number of aliphatic carboxylic acids is 1. The van der Waals surface area contributed by atoms with E-state index in [1.165, 1.54) is 0 Å². The van der Waals surface area contributed by atoms with E-state index >= 15 is 0 Å². The van der Waals surface area contributed by atoms with E-state index in [0.717, 1.165) is 11.3 Å². The van der Waals surface area contributed by atoms with Crippen LogP contribution in [0.3, 0.4) is 0 Å². The zero-order chi connectivity index (χ0) is 10.6. The van der Waals surface area contributed by atoms with E-state index in [9.17, 15) is 4.79 Å². The number of hydrogen-bond donors (Lipinski definition) is 2. The maximum Gasteiger partial charge on any atom is 0.307 e. The van der Waals surface area contributed by atoms with Crippen molar-refractivity contribution >= 4 is 17.7 Å². The third-order valence-corrected chi connectivity index (χ3v) is 1.75. The Morgan fingerprint density at radius 2 is 2.43 bits per heavy atom. The van der Waals surface area contributed by atoms with Crippen molar-refractivity contribution in [2.24, 2.45) is 0 Å². The predicted molar refractivity (Wildman–Crippen MR) is 54.7 cm³/mol. The van der Waals surface area contributed by atoms with Crippen LogP contribution < -0.4 is 5.73 Å². The quantitative estimate of drug-likeness (QED) is 0.760. The van der Waals surface area contributed by atoms with Gasteiger partial charge in [0.15, 0.2) is 0 Å². The van der Waals surface area contributed by atoms with Crippen LogP contribution in [0.4, 0.5) is 5.69 Å². The van der Waals surface area contributed by atoms with Crippen LogP contribution in [-0.4, -0.2) is 16.1 Å². The molecule has 1 heterocycles. The highest BCUT2D eigenvalue weighted by atomic mass is 16.4. The van der Waals surface area contributed by atoms with Gasteiger partial charge in [-0.1, -0.05) is 6.08 Å². The van der Waals surface area contributed by atoms with Gasteiger partial charge in [-0.25, -0.2) is 0 Å². The highest BCUT2D eigenvalue weighted by Gasteiger charge is 1.95. The third kappa shape index (κ3) is 2.90. The number of carboxylic acids is 1. The van der Waals surface area contributed by atoms with Crippen LogP contribution in [0.2, 0.25) is 0 Å². The molecule has 0 aromatic carbocycles. The number of hydrogen-bond acceptors (Lipinski definition) is 3. The fraction of sp³-hybridized carbons (Fsp3) is 0.200. The minimum Gasteiger partial charge on any atom is -0.481 e. The highest BCUT2D eigenvalue weighted by Crippen LogP contribution is 2.10. The maximum atomic E-state index is 10.2.